The second-order valence-electron chi connectivity index (χ2n) is 13.0. The number of likely N-dealkylation sites (tertiary alicyclic amines) is 1. The Morgan fingerprint density at radius 1 is 1.07 bits per heavy atom. The number of ether oxygens (including phenoxy) is 1. The molecule has 2 aromatic carbocycles. The van der Waals surface area contributed by atoms with Crippen LogP contribution in [0.5, 0.6) is 0 Å². The van der Waals surface area contributed by atoms with E-state index >= 15 is 8.78 Å². The maximum absolute atomic E-state index is 15.8. The SMILES string of the molecule is CC(C)(C)OC(=O)N1CCC[C@H]1C=N/C=C(\N)c1ccc2c(c1)C(F)(F)c1cc(B3OC(C)(C)C(C)(C)O3)ccc1-2. The van der Waals surface area contributed by atoms with Crippen molar-refractivity contribution in [2.45, 2.75) is 90.1 Å². The summed E-state index contributed by atoms with van der Waals surface area (Å²) in [7, 11) is -0.733. The van der Waals surface area contributed by atoms with Crippen molar-refractivity contribution in [3.05, 3.63) is 59.3 Å². The van der Waals surface area contributed by atoms with Crippen LogP contribution in [0.15, 0.2) is 47.6 Å². The van der Waals surface area contributed by atoms with Gasteiger partial charge in [0.05, 0.1) is 29.1 Å². The molecule has 218 valence electrons. The summed E-state index contributed by atoms with van der Waals surface area (Å²) in [4.78, 5) is 18.5. The van der Waals surface area contributed by atoms with E-state index in [1.807, 2.05) is 48.5 Å². The van der Waals surface area contributed by atoms with Gasteiger partial charge >= 0.3 is 13.2 Å². The Morgan fingerprint density at radius 3 is 2.32 bits per heavy atom. The van der Waals surface area contributed by atoms with E-state index in [1.165, 1.54) is 18.3 Å². The number of halogens is 2. The topological polar surface area (TPSA) is 86.4 Å². The monoisotopic (exact) mass is 565 g/mol. The Labute approximate surface area is 240 Å². The number of hydrogen-bond acceptors (Lipinski definition) is 6. The summed E-state index contributed by atoms with van der Waals surface area (Å²) in [6.07, 6.45) is 4.30. The van der Waals surface area contributed by atoms with Crippen LogP contribution < -0.4 is 11.2 Å². The Morgan fingerprint density at radius 2 is 1.68 bits per heavy atom. The van der Waals surface area contributed by atoms with Crippen molar-refractivity contribution in [1.29, 1.82) is 0 Å². The van der Waals surface area contributed by atoms with Crippen molar-refractivity contribution in [3.63, 3.8) is 0 Å². The summed E-state index contributed by atoms with van der Waals surface area (Å²) in [6, 6.07) is 9.57. The molecule has 2 saturated heterocycles. The summed E-state index contributed by atoms with van der Waals surface area (Å²) < 4.78 is 49.3. The predicted octanol–water partition coefficient (Wildman–Crippen LogP) is 5.83. The average Bonchev–Trinajstić information content (AvgIpc) is 3.49. The molecule has 1 amide bonds. The first-order valence-electron chi connectivity index (χ1n) is 14.0. The van der Waals surface area contributed by atoms with Crippen LogP contribution in [0.2, 0.25) is 0 Å². The molecule has 0 bridgehead atoms. The molecule has 5 rings (SSSR count). The van der Waals surface area contributed by atoms with E-state index in [-0.39, 0.29) is 29.0 Å². The van der Waals surface area contributed by atoms with Crippen molar-refractivity contribution in [2.75, 3.05) is 6.54 Å². The van der Waals surface area contributed by atoms with Gasteiger partial charge in [-0.15, -0.1) is 0 Å². The van der Waals surface area contributed by atoms with Crippen molar-refractivity contribution in [2.24, 2.45) is 10.7 Å². The van der Waals surface area contributed by atoms with E-state index in [1.54, 1.807) is 35.4 Å². The van der Waals surface area contributed by atoms with Gasteiger partial charge in [-0.05, 0) is 89.5 Å². The fourth-order valence-electron chi connectivity index (χ4n) is 5.34. The lowest BCUT2D eigenvalue weighted by atomic mass is 9.77. The fourth-order valence-corrected chi connectivity index (χ4v) is 5.34. The molecule has 1 aliphatic carbocycles. The number of fused-ring (bicyclic) bond motifs is 3. The molecule has 0 aromatic heterocycles. The smallest absolute Gasteiger partial charge is 0.444 e. The largest absolute Gasteiger partial charge is 0.494 e. The van der Waals surface area contributed by atoms with E-state index in [2.05, 4.69) is 4.99 Å². The zero-order valence-electron chi connectivity index (χ0n) is 24.8. The predicted molar refractivity (Wildman–Crippen MR) is 157 cm³/mol. The van der Waals surface area contributed by atoms with Gasteiger partial charge in [-0.2, -0.15) is 8.78 Å². The molecule has 10 heteroatoms. The van der Waals surface area contributed by atoms with E-state index in [0.717, 1.165) is 12.8 Å². The third-order valence-electron chi connectivity index (χ3n) is 8.29. The number of nitrogens with zero attached hydrogens (tertiary/aromatic N) is 2. The molecule has 0 spiro atoms. The van der Waals surface area contributed by atoms with Gasteiger partial charge in [0.1, 0.15) is 5.60 Å². The summed E-state index contributed by atoms with van der Waals surface area (Å²) in [6.45, 7) is 13.8. The van der Waals surface area contributed by atoms with Crippen LogP contribution in [-0.4, -0.2) is 53.7 Å². The minimum absolute atomic E-state index is 0.0825. The second-order valence-corrected chi connectivity index (χ2v) is 13.0. The summed E-state index contributed by atoms with van der Waals surface area (Å²) in [5, 5.41) is 0. The van der Waals surface area contributed by atoms with Crippen LogP contribution in [0.1, 0.15) is 78.0 Å². The normalized spacial score (nSPS) is 22.8. The van der Waals surface area contributed by atoms with Crippen LogP contribution >= 0.6 is 0 Å². The van der Waals surface area contributed by atoms with Crippen LogP contribution in [0, 0.1) is 0 Å². The zero-order chi connectivity index (χ0) is 30.0. The Hall–Kier alpha value is -3.24. The van der Waals surface area contributed by atoms with Crippen LogP contribution in [0.25, 0.3) is 16.8 Å². The highest BCUT2D eigenvalue weighted by Gasteiger charge is 2.53. The highest BCUT2D eigenvalue weighted by molar-refractivity contribution is 6.62. The standard InChI is InChI=1S/C31H38BF2N3O4/c1-28(2,3)39-27(38)37-14-8-9-21(37)17-36-18-26(35)19-10-12-22-23-13-11-20(16-25(23)31(33,34)24(22)15-19)32-40-29(4,5)30(6,7)41-32/h10-13,15-18,21H,8-9,14,35H2,1-7H3/b26-18-,36-17?/t21-/m0/s1. The molecule has 7 nitrogen and oxygen atoms in total. The minimum Gasteiger partial charge on any atom is -0.444 e. The number of carbonyl (C=O) groups is 1. The molecular formula is C31H38BF2N3O4. The molecule has 2 N–H and O–H groups in total. The van der Waals surface area contributed by atoms with E-state index in [4.69, 9.17) is 19.8 Å². The summed E-state index contributed by atoms with van der Waals surface area (Å²) in [5.41, 5.74) is 6.51. The first-order valence-corrected chi connectivity index (χ1v) is 14.0. The molecule has 2 aromatic rings. The van der Waals surface area contributed by atoms with Crippen LogP contribution in [0.4, 0.5) is 13.6 Å². The lowest BCUT2D eigenvalue weighted by Crippen LogP contribution is -2.41. The highest BCUT2D eigenvalue weighted by atomic mass is 19.3. The summed E-state index contributed by atoms with van der Waals surface area (Å²) in [5.74, 6) is -3.22. The van der Waals surface area contributed by atoms with Crippen LogP contribution in [-0.2, 0) is 20.0 Å². The second kappa shape index (κ2) is 9.95. The van der Waals surface area contributed by atoms with Gasteiger partial charge in [-0.25, -0.2) is 4.79 Å². The van der Waals surface area contributed by atoms with Crippen molar-refractivity contribution in [1.82, 2.24) is 4.90 Å². The van der Waals surface area contributed by atoms with Gasteiger partial charge in [-0.1, -0.05) is 30.3 Å². The van der Waals surface area contributed by atoms with Crippen molar-refractivity contribution in [3.8, 4) is 11.1 Å². The van der Waals surface area contributed by atoms with Gasteiger partial charge in [0, 0.05) is 23.9 Å². The molecule has 2 heterocycles. The number of aliphatic imine (C=N–C) groups is 1. The van der Waals surface area contributed by atoms with Gasteiger partial charge in [-0.3, -0.25) is 4.99 Å². The Balaban J connectivity index is 1.35. The van der Waals surface area contributed by atoms with Crippen LogP contribution in [0.3, 0.4) is 0 Å². The van der Waals surface area contributed by atoms with Gasteiger partial charge in [0.2, 0.25) is 0 Å². The number of amides is 1. The molecular weight excluding hydrogens is 527 g/mol. The van der Waals surface area contributed by atoms with E-state index < -0.39 is 29.8 Å². The number of carbonyl (C=O) groups excluding carboxylic acids is 1. The average molecular weight is 565 g/mol. The molecule has 1 atom stereocenters. The van der Waals surface area contributed by atoms with E-state index in [9.17, 15) is 4.79 Å². The van der Waals surface area contributed by atoms with Crippen molar-refractivity contribution >= 4 is 30.6 Å². The number of nitrogens with two attached hydrogens (primary N) is 1. The third kappa shape index (κ3) is 5.39. The summed E-state index contributed by atoms with van der Waals surface area (Å²) >= 11 is 0. The van der Waals surface area contributed by atoms with E-state index in [0.29, 0.717) is 28.7 Å². The molecule has 0 saturated carbocycles. The molecule has 0 unspecified atom stereocenters. The minimum atomic E-state index is -3.22. The zero-order valence-corrected chi connectivity index (χ0v) is 24.8. The molecule has 41 heavy (non-hydrogen) atoms. The quantitative estimate of drug-likeness (QED) is 0.372. The fraction of sp³-hybridized carbons (Fsp3) is 0.484. The molecule has 0 radical (unpaired) electrons. The highest BCUT2D eigenvalue weighted by Crippen LogP contribution is 2.51. The van der Waals surface area contributed by atoms with Gasteiger partial charge in [0.15, 0.2) is 0 Å². The Bertz CT molecular complexity index is 1410. The lowest BCUT2D eigenvalue weighted by Gasteiger charge is -2.32. The number of benzene rings is 2. The third-order valence-corrected chi connectivity index (χ3v) is 8.29. The molecule has 3 aliphatic rings. The maximum Gasteiger partial charge on any atom is 0.494 e. The van der Waals surface area contributed by atoms with Gasteiger partial charge in [0.25, 0.3) is 5.92 Å². The lowest BCUT2D eigenvalue weighted by molar-refractivity contribution is 0.00578. The first kappa shape index (κ1) is 29.3. The van der Waals surface area contributed by atoms with Crippen molar-refractivity contribution < 1.29 is 27.6 Å². The Kier molecular flexibility index (Phi) is 7.10. The number of hydrogen-bond donors (Lipinski definition) is 1. The number of rotatable bonds is 4. The number of alkyl halides is 2. The molecule has 2 aliphatic heterocycles. The molecule has 2 fully saturated rings. The maximum atomic E-state index is 15.8. The van der Waals surface area contributed by atoms with Gasteiger partial charge < -0.3 is 24.7 Å². The first-order chi connectivity index (χ1) is 19.0.